The molecule has 1 saturated carbocycles. The van der Waals surface area contributed by atoms with Crippen LogP contribution in [0, 0.1) is 11.8 Å². The zero-order valence-corrected chi connectivity index (χ0v) is 19.1. The number of amides is 1. The first-order valence-electron chi connectivity index (χ1n) is 12.1. The van der Waals surface area contributed by atoms with Crippen molar-refractivity contribution >= 4 is 11.7 Å². The van der Waals surface area contributed by atoms with Gasteiger partial charge in [-0.1, -0.05) is 63.7 Å². The smallest absolute Gasteiger partial charge is 0.220 e. The Morgan fingerprint density at radius 3 is 2.87 bits per heavy atom. The third-order valence-corrected chi connectivity index (χ3v) is 6.22. The molecule has 1 fully saturated rings. The first-order chi connectivity index (χ1) is 15.1. The number of nitrogens with zero attached hydrogens (tertiary/aromatic N) is 1. The first-order valence-corrected chi connectivity index (χ1v) is 12.1. The van der Waals surface area contributed by atoms with Crippen molar-refractivity contribution in [2.75, 3.05) is 0 Å². The third kappa shape index (κ3) is 10.2. The number of hydrogen-bond donors (Lipinski definition) is 2. The lowest BCUT2D eigenvalue weighted by Crippen LogP contribution is -2.22. The largest absolute Gasteiger partial charge is 0.389 e. The molecule has 0 saturated heterocycles. The van der Waals surface area contributed by atoms with Gasteiger partial charge < -0.3 is 10.4 Å². The maximum Gasteiger partial charge on any atom is 0.220 e. The molecular formula is C26H40N2O3. The minimum atomic E-state index is -0.382. The summed E-state index contributed by atoms with van der Waals surface area (Å²) < 4.78 is 0. The zero-order valence-electron chi connectivity index (χ0n) is 19.1. The Balaban J connectivity index is 1.57. The van der Waals surface area contributed by atoms with Crippen LogP contribution in [0.3, 0.4) is 0 Å². The second kappa shape index (κ2) is 14.9. The zero-order chi connectivity index (χ0) is 22.3. The number of rotatable bonds is 15. The molecule has 1 aromatic rings. The van der Waals surface area contributed by atoms with Crippen molar-refractivity contribution in [3.05, 3.63) is 42.2 Å². The van der Waals surface area contributed by atoms with Crippen LogP contribution in [0.25, 0.3) is 0 Å². The van der Waals surface area contributed by atoms with E-state index < -0.39 is 0 Å². The number of aliphatic hydroxyl groups is 1. The Morgan fingerprint density at radius 1 is 1.26 bits per heavy atom. The fourth-order valence-corrected chi connectivity index (χ4v) is 4.31. The van der Waals surface area contributed by atoms with E-state index in [-0.39, 0.29) is 23.8 Å². The summed E-state index contributed by atoms with van der Waals surface area (Å²) in [4.78, 5) is 28.3. The Kier molecular flexibility index (Phi) is 12.1. The van der Waals surface area contributed by atoms with Crippen molar-refractivity contribution in [3.8, 4) is 0 Å². The molecule has 1 aromatic heterocycles. The van der Waals surface area contributed by atoms with Gasteiger partial charge in [-0.25, -0.2) is 0 Å². The molecule has 3 unspecified atom stereocenters. The number of hydrogen-bond acceptors (Lipinski definition) is 4. The molecule has 1 heterocycles. The maximum absolute atomic E-state index is 12.3. The van der Waals surface area contributed by atoms with Crippen LogP contribution in [0.2, 0.25) is 0 Å². The Labute approximate surface area is 187 Å². The summed E-state index contributed by atoms with van der Waals surface area (Å²) in [7, 11) is 0. The highest BCUT2D eigenvalue weighted by molar-refractivity contribution is 5.83. The predicted molar refractivity (Wildman–Crippen MR) is 124 cm³/mol. The Hall–Kier alpha value is -2.01. The number of carbonyl (C=O) groups is 2. The van der Waals surface area contributed by atoms with Crippen LogP contribution in [0.5, 0.6) is 0 Å². The molecule has 1 amide bonds. The summed E-state index contributed by atoms with van der Waals surface area (Å²) in [5, 5.41) is 13.0. The highest BCUT2D eigenvalue weighted by Crippen LogP contribution is 2.34. The van der Waals surface area contributed by atoms with Crippen LogP contribution in [-0.2, 0) is 16.1 Å². The minimum absolute atomic E-state index is 0.0810. The Bertz CT molecular complexity index is 674. The third-order valence-electron chi connectivity index (χ3n) is 6.22. The van der Waals surface area contributed by atoms with Crippen molar-refractivity contribution in [1.82, 2.24) is 10.3 Å². The Morgan fingerprint density at radius 2 is 2.10 bits per heavy atom. The van der Waals surface area contributed by atoms with E-state index in [0.717, 1.165) is 69.8 Å². The first kappa shape index (κ1) is 25.3. The lowest BCUT2D eigenvalue weighted by Gasteiger charge is -2.15. The van der Waals surface area contributed by atoms with Crippen LogP contribution in [0.4, 0.5) is 0 Å². The van der Waals surface area contributed by atoms with Gasteiger partial charge in [0, 0.05) is 37.7 Å². The molecule has 0 spiro atoms. The van der Waals surface area contributed by atoms with E-state index in [1.165, 1.54) is 0 Å². The lowest BCUT2D eigenvalue weighted by atomic mass is 9.89. The van der Waals surface area contributed by atoms with E-state index in [9.17, 15) is 14.7 Å². The number of nitrogens with one attached hydrogen (secondary N) is 1. The van der Waals surface area contributed by atoms with Crippen molar-refractivity contribution in [1.29, 1.82) is 0 Å². The number of unbranched alkanes of at least 4 members (excludes halogenated alkanes) is 5. The summed E-state index contributed by atoms with van der Waals surface area (Å²) >= 11 is 0. The number of aromatic nitrogens is 1. The molecule has 5 heteroatoms. The molecule has 0 aliphatic heterocycles. The number of carbonyl (C=O) groups excluding carboxylic acids is 2. The maximum atomic E-state index is 12.3. The molecule has 0 radical (unpaired) electrons. The molecule has 1 aliphatic rings. The average molecular weight is 429 g/mol. The van der Waals surface area contributed by atoms with Gasteiger partial charge in [0.25, 0.3) is 0 Å². The number of Topliss-reactive ketones (excluding diaryl/α,β-unsaturated/α-hetero) is 1. The van der Waals surface area contributed by atoms with Gasteiger partial charge in [-0.2, -0.15) is 0 Å². The molecule has 0 aromatic carbocycles. The number of ketones is 1. The van der Waals surface area contributed by atoms with Crippen LogP contribution in [0.1, 0.15) is 89.5 Å². The van der Waals surface area contributed by atoms with Crippen LogP contribution in [0.15, 0.2) is 36.7 Å². The second-order valence-corrected chi connectivity index (χ2v) is 8.81. The molecule has 2 N–H and O–H groups in total. The molecule has 1 aliphatic carbocycles. The number of pyridine rings is 1. The molecule has 3 atom stereocenters. The van der Waals surface area contributed by atoms with Crippen LogP contribution >= 0.6 is 0 Å². The predicted octanol–water partition coefficient (Wildman–Crippen LogP) is 5.13. The highest BCUT2D eigenvalue weighted by Gasteiger charge is 2.32. The van der Waals surface area contributed by atoms with E-state index in [0.29, 0.717) is 25.2 Å². The fourth-order valence-electron chi connectivity index (χ4n) is 4.31. The van der Waals surface area contributed by atoms with Gasteiger partial charge in [-0.3, -0.25) is 14.6 Å². The van der Waals surface area contributed by atoms with Crippen LogP contribution in [-0.4, -0.2) is 27.9 Å². The second-order valence-electron chi connectivity index (χ2n) is 8.81. The average Bonchev–Trinajstić information content (AvgIpc) is 3.13. The SMILES string of the molecule is CCCCCC(O)C=CC1CCC(=O)C1CCCCCCC(=O)NCc1cccnc1. The summed E-state index contributed by atoms with van der Waals surface area (Å²) in [5.74, 6) is 0.857. The fraction of sp³-hybridized carbons (Fsp3) is 0.654. The van der Waals surface area contributed by atoms with Crippen molar-refractivity contribution < 1.29 is 14.7 Å². The van der Waals surface area contributed by atoms with E-state index in [1.807, 2.05) is 18.2 Å². The van der Waals surface area contributed by atoms with E-state index in [1.54, 1.807) is 12.4 Å². The van der Waals surface area contributed by atoms with Gasteiger partial charge in [0.1, 0.15) is 5.78 Å². The van der Waals surface area contributed by atoms with Crippen molar-refractivity contribution in [3.63, 3.8) is 0 Å². The van der Waals surface area contributed by atoms with Crippen LogP contribution < -0.4 is 5.32 Å². The molecular weight excluding hydrogens is 388 g/mol. The van der Waals surface area contributed by atoms with Gasteiger partial charge in [0.05, 0.1) is 6.10 Å². The normalized spacial score (nSPS) is 19.7. The van der Waals surface area contributed by atoms with Gasteiger partial charge in [0.2, 0.25) is 5.91 Å². The summed E-state index contributed by atoms with van der Waals surface area (Å²) in [5.41, 5.74) is 1.01. The highest BCUT2D eigenvalue weighted by atomic mass is 16.3. The lowest BCUT2D eigenvalue weighted by molar-refractivity contribution is -0.122. The topological polar surface area (TPSA) is 79.3 Å². The van der Waals surface area contributed by atoms with Gasteiger partial charge in [-0.05, 0) is 43.2 Å². The molecule has 31 heavy (non-hydrogen) atoms. The van der Waals surface area contributed by atoms with E-state index >= 15 is 0 Å². The standard InChI is InChI=1S/C26H40N2O3/c1-2-3-6-11-23(29)16-14-22-15-17-25(30)24(22)12-7-4-5-8-13-26(31)28-20-21-10-9-18-27-19-21/h9-10,14,16,18-19,22-24,29H,2-8,11-13,15,17,20H2,1H3,(H,28,31). The quantitative estimate of drug-likeness (QED) is 0.300. The summed E-state index contributed by atoms with van der Waals surface area (Å²) in [6.45, 7) is 2.69. The monoisotopic (exact) mass is 428 g/mol. The van der Waals surface area contributed by atoms with Gasteiger partial charge in [0.15, 0.2) is 0 Å². The minimum Gasteiger partial charge on any atom is -0.389 e. The summed E-state index contributed by atoms with van der Waals surface area (Å²) in [6.07, 6.45) is 18.3. The molecule has 0 bridgehead atoms. The molecule has 172 valence electrons. The van der Waals surface area contributed by atoms with Crippen molar-refractivity contribution in [2.45, 2.75) is 96.6 Å². The van der Waals surface area contributed by atoms with E-state index in [4.69, 9.17) is 0 Å². The molecule has 5 nitrogen and oxygen atoms in total. The molecule has 2 rings (SSSR count). The van der Waals surface area contributed by atoms with Gasteiger partial charge >= 0.3 is 0 Å². The summed E-state index contributed by atoms with van der Waals surface area (Å²) in [6, 6.07) is 3.82. The van der Waals surface area contributed by atoms with Gasteiger partial charge in [-0.15, -0.1) is 0 Å². The van der Waals surface area contributed by atoms with Crippen molar-refractivity contribution in [2.24, 2.45) is 11.8 Å². The van der Waals surface area contributed by atoms with E-state index in [2.05, 4.69) is 23.3 Å². The number of aliphatic hydroxyl groups excluding tert-OH is 1. The number of allylic oxidation sites excluding steroid dienone is 1.